The van der Waals surface area contributed by atoms with Crippen LogP contribution in [0.2, 0.25) is 0 Å². The molecule has 1 fully saturated rings. The summed E-state index contributed by atoms with van der Waals surface area (Å²) in [6, 6.07) is 3.72. The average Bonchev–Trinajstić information content (AvgIpc) is 2.82. The highest BCUT2D eigenvalue weighted by atomic mass is 16.5. The van der Waals surface area contributed by atoms with E-state index in [0.717, 1.165) is 23.3 Å². The number of aliphatic carboxylic acids is 1. The van der Waals surface area contributed by atoms with E-state index in [1.54, 1.807) is 7.11 Å². The lowest BCUT2D eigenvalue weighted by Crippen LogP contribution is -2.31. The predicted molar refractivity (Wildman–Crippen MR) is 69.0 cm³/mol. The Morgan fingerprint density at radius 2 is 2.11 bits per heavy atom. The molecule has 2 rings (SSSR count). The maximum Gasteiger partial charge on any atom is 0.320 e. The molecule has 0 amide bonds. The van der Waals surface area contributed by atoms with Gasteiger partial charge < -0.3 is 9.84 Å². The van der Waals surface area contributed by atoms with Crippen LogP contribution in [0.1, 0.15) is 35.6 Å². The molecular weight excluding hydrogens is 230 g/mol. The van der Waals surface area contributed by atoms with Gasteiger partial charge in [0, 0.05) is 11.6 Å². The smallest absolute Gasteiger partial charge is 0.320 e. The highest BCUT2D eigenvalue weighted by Gasteiger charge is 2.31. The van der Waals surface area contributed by atoms with Crippen molar-refractivity contribution >= 4 is 5.97 Å². The topological polar surface area (TPSA) is 58.6 Å². The second-order valence-corrected chi connectivity index (χ2v) is 4.82. The Labute approximate surface area is 107 Å². The van der Waals surface area contributed by atoms with Crippen LogP contribution in [0.15, 0.2) is 12.1 Å². The van der Waals surface area contributed by atoms with Crippen LogP contribution < -0.4 is 10.1 Å². The third-order valence-electron chi connectivity index (χ3n) is 3.73. The molecule has 2 unspecified atom stereocenters. The van der Waals surface area contributed by atoms with Gasteiger partial charge in [-0.3, -0.25) is 10.1 Å². The molecule has 0 bridgehead atoms. The van der Waals surface area contributed by atoms with Gasteiger partial charge in [-0.25, -0.2) is 0 Å². The number of hydrogen-bond acceptors (Lipinski definition) is 3. The molecule has 0 aliphatic carbocycles. The van der Waals surface area contributed by atoms with Crippen molar-refractivity contribution in [3.8, 4) is 5.75 Å². The largest absolute Gasteiger partial charge is 0.496 e. The molecule has 0 radical (unpaired) electrons. The van der Waals surface area contributed by atoms with Crippen molar-refractivity contribution in [1.82, 2.24) is 5.32 Å². The fourth-order valence-electron chi connectivity index (χ4n) is 2.54. The lowest BCUT2D eigenvalue weighted by molar-refractivity contribution is -0.139. The van der Waals surface area contributed by atoms with Crippen molar-refractivity contribution < 1.29 is 14.6 Å². The number of carbonyl (C=O) groups is 1. The minimum atomic E-state index is -0.777. The second-order valence-electron chi connectivity index (χ2n) is 4.82. The lowest BCUT2D eigenvalue weighted by atomic mass is 9.98. The van der Waals surface area contributed by atoms with Crippen molar-refractivity contribution in [3.05, 3.63) is 28.8 Å². The molecule has 1 aromatic carbocycles. The average molecular weight is 249 g/mol. The number of hydrogen-bond donors (Lipinski definition) is 2. The molecule has 2 N–H and O–H groups in total. The monoisotopic (exact) mass is 249 g/mol. The van der Waals surface area contributed by atoms with Gasteiger partial charge >= 0.3 is 5.97 Å². The van der Waals surface area contributed by atoms with E-state index in [-0.39, 0.29) is 6.04 Å². The van der Waals surface area contributed by atoms with E-state index >= 15 is 0 Å². The summed E-state index contributed by atoms with van der Waals surface area (Å²) < 4.78 is 5.48. The molecule has 4 heteroatoms. The van der Waals surface area contributed by atoms with Crippen LogP contribution in [0.3, 0.4) is 0 Å². The van der Waals surface area contributed by atoms with Gasteiger partial charge in [0.05, 0.1) is 7.11 Å². The van der Waals surface area contributed by atoms with Crippen molar-refractivity contribution in [2.75, 3.05) is 7.11 Å². The van der Waals surface area contributed by atoms with E-state index in [1.807, 2.05) is 19.9 Å². The first-order valence-corrected chi connectivity index (χ1v) is 6.17. The first kappa shape index (κ1) is 12.9. The van der Waals surface area contributed by atoms with Crippen molar-refractivity contribution in [1.29, 1.82) is 0 Å². The SMILES string of the molecule is COc1c(C2CCC(C(=O)O)N2)ccc(C)c1C. The first-order valence-electron chi connectivity index (χ1n) is 6.17. The number of ether oxygens (including phenoxy) is 1. The van der Waals surface area contributed by atoms with E-state index in [2.05, 4.69) is 11.4 Å². The van der Waals surface area contributed by atoms with Crippen molar-refractivity contribution in [3.63, 3.8) is 0 Å². The maximum atomic E-state index is 11.0. The van der Waals surface area contributed by atoms with E-state index in [0.29, 0.717) is 6.42 Å². The van der Waals surface area contributed by atoms with Crippen LogP contribution in [-0.4, -0.2) is 24.2 Å². The zero-order valence-electron chi connectivity index (χ0n) is 11.0. The number of benzene rings is 1. The molecule has 18 heavy (non-hydrogen) atoms. The van der Waals surface area contributed by atoms with Gasteiger partial charge in [-0.05, 0) is 37.8 Å². The van der Waals surface area contributed by atoms with Crippen LogP contribution in [-0.2, 0) is 4.79 Å². The molecule has 2 atom stereocenters. The molecule has 1 aromatic rings. The van der Waals surface area contributed by atoms with Crippen LogP contribution in [0.5, 0.6) is 5.75 Å². The molecule has 1 aliphatic heterocycles. The third kappa shape index (κ3) is 2.20. The van der Waals surface area contributed by atoms with E-state index in [1.165, 1.54) is 5.56 Å². The molecule has 0 spiro atoms. The van der Waals surface area contributed by atoms with Gasteiger partial charge in [0.15, 0.2) is 0 Å². The van der Waals surface area contributed by atoms with Gasteiger partial charge in [0.2, 0.25) is 0 Å². The standard InChI is InChI=1S/C14H19NO3/c1-8-4-5-10(13(18-3)9(8)2)11-6-7-12(15-11)14(16)17/h4-5,11-12,15H,6-7H2,1-3H3,(H,16,17). The van der Waals surface area contributed by atoms with Gasteiger partial charge in [-0.15, -0.1) is 0 Å². The quantitative estimate of drug-likeness (QED) is 0.862. The zero-order chi connectivity index (χ0) is 13.3. The summed E-state index contributed by atoms with van der Waals surface area (Å²) in [7, 11) is 1.66. The maximum absolute atomic E-state index is 11.0. The Hall–Kier alpha value is -1.55. The normalized spacial score (nSPS) is 23.1. The highest BCUT2D eigenvalue weighted by molar-refractivity contribution is 5.74. The van der Waals surface area contributed by atoms with E-state index < -0.39 is 12.0 Å². The number of rotatable bonds is 3. The molecular formula is C14H19NO3. The van der Waals surface area contributed by atoms with Crippen LogP contribution in [0.25, 0.3) is 0 Å². The Kier molecular flexibility index (Phi) is 3.57. The van der Waals surface area contributed by atoms with E-state index in [4.69, 9.17) is 9.84 Å². The van der Waals surface area contributed by atoms with Crippen molar-refractivity contribution in [2.24, 2.45) is 0 Å². The summed E-state index contributed by atoms with van der Waals surface area (Å²) in [6.07, 6.45) is 1.49. The third-order valence-corrected chi connectivity index (χ3v) is 3.73. The molecule has 1 heterocycles. The predicted octanol–water partition coefficient (Wildman–Crippen LogP) is 2.19. The summed E-state index contributed by atoms with van der Waals surface area (Å²) in [6.45, 7) is 4.07. The minimum absolute atomic E-state index is 0.0698. The van der Waals surface area contributed by atoms with Gasteiger partial charge in [-0.1, -0.05) is 12.1 Å². The Bertz CT molecular complexity index is 470. The van der Waals surface area contributed by atoms with Crippen molar-refractivity contribution in [2.45, 2.75) is 38.8 Å². The number of nitrogens with one attached hydrogen (secondary N) is 1. The Morgan fingerprint density at radius 1 is 1.39 bits per heavy atom. The Balaban J connectivity index is 2.30. The first-order chi connectivity index (χ1) is 8.54. The summed E-state index contributed by atoms with van der Waals surface area (Å²) in [4.78, 5) is 11.0. The second kappa shape index (κ2) is 4.98. The van der Waals surface area contributed by atoms with Gasteiger partial charge in [0.1, 0.15) is 11.8 Å². The molecule has 0 aromatic heterocycles. The summed E-state index contributed by atoms with van der Waals surface area (Å²) >= 11 is 0. The van der Waals surface area contributed by atoms with Crippen LogP contribution in [0.4, 0.5) is 0 Å². The summed E-state index contributed by atoms with van der Waals surface area (Å²) in [5.74, 6) is 0.0961. The molecule has 1 aliphatic rings. The molecule has 4 nitrogen and oxygen atoms in total. The number of methoxy groups -OCH3 is 1. The lowest BCUT2D eigenvalue weighted by Gasteiger charge is -2.19. The summed E-state index contributed by atoms with van der Waals surface area (Å²) in [5.41, 5.74) is 3.36. The Morgan fingerprint density at radius 3 is 2.67 bits per heavy atom. The van der Waals surface area contributed by atoms with Crippen LogP contribution >= 0.6 is 0 Å². The van der Waals surface area contributed by atoms with Gasteiger partial charge in [0.25, 0.3) is 0 Å². The van der Waals surface area contributed by atoms with Gasteiger partial charge in [-0.2, -0.15) is 0 Å². The minimum Gasteiger partial charge on any atom is -0.496 e. The van der Waals surface area contributed by atoms with E-state index in [9.17, 15) is 4.79 Å². The number of carboxylic acid groups (broad SMARTS) is 1. The summed E-state index contributed by atoms with van der Waals surface area (Å²) in [5, 5.41) is 12.2. The molecule has 0 saturated carbocycles. The number of aryl methyl sites for hydroxylation is 1. The highest BCUT2D eigenvalue weighted by Crippen LogP contribution is 2.35. The number of carboxylic acids is 1. The zero-order valence-corrected chi connectivity index (χ0v) is 11.0. The fourth-order valence-corrected chi connectivity index (χ4v) is 2.54. The molecule has 1 saturated heterocycles. The fraction of sp³-hybridized carbons (Fsp3) is 0.500. The molecule has 98 valence electrons. The van der Waals surface area contributed by atoms with Crippen LogP contribution in [0, 0.1) is 13.8 Å².